The Kier molecular flexibility index (Phi) is 8.86. The topological polar surface area (TPSA) is 94.0 Å². The highest BCUT2D eigenvalue weighted by atomic mass is 35.5. The lowest BCUT2D eigenvalue weighted by atomic mass is 9.78. The lowest BCUT2D eigenvalue weighted by Crippen LogP contribution is -2.43. The van der Waals surface area contributed by atoms with Crippen LogP contribution in [0.4, 0.5) is 5.82 Å². The van der Waals surface area contributed by atoms with Crippen molar-refractivity contribution in [3.05, 3.63) is 41.0 Å². The Labute approximate surface area is 215 Å². The van der Waals surface area contributed by atoms with Crippen LogP contribution in [0.3, 0.4) is 0 Å². The number of nitrogens with one attached hydrogen (secondary N) is 2. The zero-order valence-electron chi connectivity index (χ0n) is 20.3. The van der Waals surface area contributed by atoms with Crippen LogP contribution < -0.4 is 10.6 Å². The predicted octanol–water partition coefficient (Wildman–Crippen LogP) is 4.67. The molecule has 0 aliphatic heterocycles. The minimum absolute atomic E-state index is 0.0731. The zero-order valence-corrected chi connectivity index (χ0v) is 21.9. The first-order valence-electron chi connectivity index (χ1n) is 12.3. The molecule has 0 saturated heterocycles. The number of hydrogen-bond donors (Lipinski definition) is 2. The van der Waals surface area contributed by atoms with Crippen molar-refractivity contribution in [2.24, 2.45) is 0 Å². The van der Waals surface area contributed by atoms with Crippen molar-refractivity contribution in [1.29, 1.82) is 0 Å². The third-order valence-electron chi connectivity index (χ3n) is 6.39. The number of rotatable bonds is 12. The quantitative estimate of drug-likeness (QED) is 0.205. The van der Waals surface area contributed by atoms with E-state index in [9.17, 15) is 4.79 Å². The highest BCUT2D eigenvalue weighted by molar-refractivity contribution is 7.99. The summed E-state index contributed by atoms with van der Waals surface area (Å²) in [5, 5.41) is 13.3. The molecule has 0 unspecified atom stereocenters. The minimum atomic E-state index is -0.485. The molecule has 0 radical (unpaired) electrons. The van der Waals surface area contributed by atoms with Gasteiger partial charge in [-0.05, 0) is 43.2 Å². The molecule has 1 fully saturated rings. The molecule has 1 aromatic carbocycles. The SMILES string of the molecule is CCOCCNc1nc(SCC)nc2c1cnn2CCNC(=O)C1(c2ccc(Cl)cc2)CCCC1. The Morgan fingerprint density at radius 3 is 2.66 bits per heavy atom. The van der Waals surface area contributed by atoms with Gasteiger partial charge in [0.2, 0.25) is 5.91 Å². The largest absolute Gasteiger partial charge is 0.380 e. The highest BCUT2D eigenvalue weighted by Crippen LogP contribution is 2.41. The first kappa shape index (κ1) is 25.7. The van der Waals surface area contributed by atoms with E-state index in [0.29, 0.717) is 43.0 Å². The molecule has 2 heterocycles. The first-order valence-corrected chi connectivity index (χ1v) is 13.7. The number of amides is 1. The predicted molar refractivity (Wildman–Crippen MR) is 141 cm³/mol. The van der Waals surface area contributed by atoms with Crippen LogP contribution in [0.2, 0.25) is 5.02 Å². The van der Waals surface area contributed by atoms with Gasteiger partial charge in [-0.3, -0.25) is 4.79 Å². The summed E-state index contributed by atoms with van der Waals surface area (Å²) in [6.07, 6.45) is 5.59. The van der Waals surface area contributed by atoms with Gasteiger partial charge in [-0.15, -0.1) is 0 Å². The van der Waals surface area contributed by atoms with Gasteiger partial charge in [0.25, 0.3) is 0 Å². The number of benzene rings is 1. The number of anilines is 1. The molecular weight excluding hydrogens is 484 g/mol. The Morgan fingerprint density at radius 2 is 1.94 bits per heavy atom. The standard InChI is InChI=1S/C25H33ClN6O2S/c1-3-34-16-14-27-21-20-17-29-32(22(20)31-24(30-21)35-4-2)15-13-28-23(33)25(11-5-6-12-25)18-7-9-19(26)10-8-18/h7-10,17H,3-6,11-16H2,1-2H3,(H,28,33)(H,27,30,31). The van der Waals surface area contributed by atoms with E-state index in [4.69, 9.17) is 21.3 Å². The maximum absolute atomic E-state index is 13.4. The van der Waals surface area contributed by atoms with Crippen LogP contribution in [0.15, 0.2) is 35.6 Å². The molecule has 8 nitrogen and oxygen atoms in total. The average Bonchev–Trinajstić information content (AvgIpc) is 3.51. The molecule has 1 saturated carbocycles. The molecule has 188 valence electrons. The fourth-order valence-electron chi connectivity index (χ4n) is 4.65. The Morgan fingerprint density at radius 1 is 1.17 bits per heavy atom. The third-order valence-corrected chi connectivity index (χ3v) is 7.37. The first-order chi connectivity index (χ1) is 17.1. The molecule has 3 aromatic rings. The van der Waals surface area contributed by atoms with Crippen molar-refractivity contribution in [3.8, 4) is 0 Å². The van der Waals surface area contributed by atoms with E-state index in [-0.39, 0.29) is 5.91 Å². The van der Waals surface area contributed by atoms with Gasteiger partial charge >= 0.3 is 0 Å². The molecule has 35 heavy (non-hydrogen) atoms. The summed E-state index contributed by atoms with van der Waals surface area (Å²) in [7, 11) is 0. The second-order valence-corrected chi connectivity index (χ2v) is 10.2. The number of ether oxygens (including phenoxy) is 1. The van der Waals surface area contributed by atoms with E-state index in [2.05, 4.69) is 27.6 Å². The normalized spacial score (nSPS) is 14.9. The van der Waals surface area contributed by atoms with Gasteiger partial charge < -0.3 is 15.4 Å². The highest BCUT2D eigenvalue weighted by Gasteiger charge is 2.42. The minimum Gasteiger partial charge on any atom is -0.380 e. The summed E-state index contributed by atoms with van der Waals surface area (Å²) in [5.74, 6) is 1.71. The van der Waals surface area contributed by atoms with Crippen LogP contribution in [0.5, 0.6) is 0 Å². The van der Waals surface area contributed by atoms with Crippen LogP contribution in [0, 0.1) is 0 Å². The van der Waals surface area contributed by atoms with Gasteiger partial charge in [-0.2, -0.15) is 5.10 Å². The number of fused-ring (bicyclic) bond motifs is 1. The van der Waals surface area contributed by atoms with Gasteiger partial charge in [-0.1, -0.05) is 55.3 Å². The monoisotopic (exact) mass is 516 g/mol. The number of hydrogen-bond acceptors (Lipinski definition) is 7. The summed E-state index contributed by atoms with van der Waals surface area (Å²) in [6, 6.07) is 7.70. The Bertz CT molecular complexity index is 1130. The second kappa shape index (κ2) is 12.1. The molecule has 0 bridgehead atoms. The molecule has 0 spiro atoms. The molecule has 1 aliphatic carbocycles. The van der Waals surface area contributed by atoms with Crippen LogP contribution >= 0.6 is 23.4 Å². The maximum atomic E-state index is 13.4. The summed E-state index contributed by atoms with van der Waals surface area (Å²) >= 11 is 7.67. The van der Waals surface area contributed by atoms with Gasteiger partial charge in [0.05, 0.1) is 30.1 Å². The molecular formula is C25H33ClN6O2S. The van der Waals surface area contributed by atoms with E-state index in [0.717, 1.165) is 53.9 Å². The zero-order chi connectivity index (χ0) is 24.7. The fraction of sp³-hybridized carbons (Fsp3) is 0.520. The van der Waals surface area contributed by atoms with E-state index in [1.54, 1.807) is 18.0 Å². The molecule has 1 aliphatic rings. The van der Waals surface area contributed by atoms with Crippen LogP contribution in [0.25, 0.3) is 11.0 Å². The van der Waals surface area contributed by atoms with Gasteiger partial charge in [0.1, 0.15) is 5.82 Å². The summed E-state index contributed by atoms with van der Waals surface area (Å²) in [5.41, 5.74) is 1.32. The molecule has 1 amide bonds. The van der Waals surface area contributed by atoms with Crippen molar-refractivity contribution < 1.29 is 9.53 Å². The van der Waals surface area contributed by atoms with Crippen LogP contribution in [-0.4, -0.2) is 57.7 Å². The number of carbonyl (C=O) groups excluding carboxylic acids is 1. The molecule has 2 N–H and O–H groups in total. The van der Waals surface area contributed by atoms with Crippen molar-refractivity contribution >= 4 is 46.1 Å². The number of aromatic nitrogens is 4. The maximum Gasteiger partial charge on any atom is 0.230 e. The van der Waals surface area contributed by atoms with Crippen LogP contribution in [-0.2, 0) is 21.5 Å². The molecule has 0 atom stereocenters. The van der Waals surface area contributed by atoms with E-state index < -0.39 is 5.41 Å². The van der Waals surface area contributed by atoms with Crippen molar-refractivity contribution in [2.45, 2.75) is 56.6 Å². The third kappa shape index (κ3) is 5.90. The smallest absolute Gasteiger partial charge is 0.230 e. The average molecular weight is 517 g/mol. The summed E-state index contributed by atoms with van der Waals surface area (Å²) in [4.78, 5) is 22.8. The molecule has 2 aromatic heterocycles. The van der Waals surface area contributed by atoms with E-state index in [1.807, 2.05) is 35.9 Å². The van der Waals surface area contributed by atoms with Crippen molar-refractivity contribution in [3.63, 3.8) is 0 Å². The Hall–Kier alpha value is -2.36. The van der Waals surface area contributed by atoms with E-state index >= 15 is 0 Å². The van der Waals surface area contributed by atoms with E-state index in [1.165, 1.54) is 0 Å². The summed E-state index contributed by atoms with van der Waals surface area (Å²) in [6.45, 7) is 6.99. The van der Waals surface area contributed by atoms with Crippen molar-refractivity contribution in [1.82, 2.24) is 25.1 Å². The summed E-state index contributed by atoms with van der Waals surface area (Å²) < 4.78 is 7.28. The van der Waals surface area contributed by atoms with Crippen molar-refractivity contribution in [2.75, 3.05) is 37.4 Å². The lowest BCUT2D eigenvalue weighted by Gasteiger charge is -2.28. The van der Waals surface area contributed by atoms with Gasteiger partial charge in [0, 0.05) is 24.7 Å². The number of halogens is 1. The number of thioether (sulfide) groups is 1. The number of nitrogens with zero attached hydrogens (tertiary/aromatic N) is 4. The van der Waals surface area contributed by atoms with Gasteiger partial charge in [-0.25, -0.2) is 14.6 Å². The fourth-order valence-corrected chi connectivity index (χ4v) is 5.34. The molecule has 10 heteroatoms. The Balaban J connectivity index is 1.47. The number of carbonyl (C=O) groups is 1. The van der Waals surface area contributed by atoms with Crippen LogP contribution in [0.1, 0.15) is 45.1 Å². The molecule has 4 rings (SSSR count). The van der Waals surface area contributed by atoms with Gasteiger partial charge in [0.15, 0.2) is 10.8 Å². The second-order valence-electron chi connectivity index (χ2n) is 8.57. The lowest BCUT2D eigenvalue weighted by molar-refractivity contribution is -0.126.